The standard InChI is InChI=1S/C10H12O7/c11-3-6-7(12)8(13)9(17-6)4-1-2-5(16-4)10(14)15/h1-2,6-9,11-13H,3H2,(H,14,15)/t6-,7-,8-,9-/m1/s1. The van der Waals surface area contributed by atoms with E-state index >= 15 is 0 Å². The van der Waals surface area contributed by atoms with Gasteiger partial charge < -0.3 is 29.6 Å². The normalized spacial score (nSPS) is 32.9. The van der Waals surface area contributed by atoms with E-state index in [1.807, 2.05) is 0 Å². The maximum absolute atomic E-state index is 10.6. The smallest absolute Gasteiger partial charge is 0.371 e. The molecule has 1 saturated heterocycles. The van der Waals surface area contributed by atoms with Crippen LogP contribution >= 0.6 is 0 Å². The lowest BCUT2D eigenvalue weighted by Crippen LogP contribution is -2.32. The highest BCUT2D eigenvalue weighted by molar-refractivity contribution is 5.84. The molecule has 0 unspecified atom stereocenters. The first-order chi connectivity index (χ1) is 8.04. The quantitative estimate of drug-likeness (QED) is 0.545. The Morgan fingerprint density at radius 2 is 2.00 bits per heavy atom. The fourth-order valence-electron chi connectivity index (χ4n) is 1.76. The number of ether oxygens (including phenoxy) is 1. The van der Waals surface area contributed by atoms with Crippen LogP contribution < -0.4 is 0 Å². The van der Waals surface area contributed by atoms with Crippen molar-refractivity contribution in [2.24, 2.45) is 0 Å². The Morgan fingerprint density at radius 1 is 1.29 bits per heavy atom. The van der Waals surface area contributed by atoms with E-state index in [-0.39, 0.29) is 11.5 Å². The number of aromatic carboxylic acids is 1. The molecule has 7 nitrogen and oxygen atoms in total. The number of carboxylic acids is 1. The van der Waals surface area contributed by atoms with Gasteiger partial charge in [-0.05, 0) is 12.1 Å². The molecule has 0 saturated carbocycles. The summed E-state index contributed by atoms with van der Waals surface area (Å²) in [4.78, 5) is 10.6. The van der Waals surface area contributed by atoms with Crippen LogP contribution in [0, 0.1) is 0 Å². The van der Waals surface area contributed by atoms with Crippen molar-refractivity contribution in [3.8, 4) is 0 Å². The number of hydrogen-bond acceptors (Lipinski definition) is 6. The number of aliphatic hydroxyl groups excluding tert-OH is 3. The van der Waals surface area contributed by atoms with E-state index in [1.165, 1.54) is 12.1 Å². The van der Waals surface area contributed by atoms with Crippen LogP contribution in [0.15, 0.2) is 16.5 Å². The molecule has 94 valence electrons. The number of aliphatic hydroxyl groups is 3. The van der Waals surface area contributed by atoms with Gasteiger partial charge in [0.25, 0.3) is 0 Å². The van der Waals surface area contributed by atoms with Gasteiger partial charge >= 0.3 is 5.97 Å². The molecule has 0 aromatic carbocycles. The second-order valence-electron chi connectivity index (χ2n) is 3.77. The minimum atomic E-state index is -1.26. The largest absolute Gasteiger partial charge is 0.475 e. The molecule has 0 bridgehead atoms. The van der Waals surface area contributed by atoms with Crippen LogP contribution in [-0.4, -0.2) is 51.3 Å². The minimum absolute atomic E-state index is 0.102. The van der Waals surface area contributed by atoms with Crippen LogP contribution in [0.1, 0.15) is 22.4 Å². The molecule has 0 aliphatic carbocycles. The van der Waals surface area contributed by atoms with E-state index in [0.29, 0.717) is 0 Å². The topological polar surface area (TPSA) is 120 Å². The van der Waals surface area contributed by atoms with Crippen LogP contribution in [0.25, 0.3) is 0 Å². The van der Waals surface area contributed by atoms with Crippen molar-refractivity contribution >= 4 is 5.97 Å². The van der Waals surface area contributed by atoms with Gasteiger partial charge in [-0.1, -0.05) is 0 Å². The Labute approximate surface area is 95.9 Å². The summed E-state index contributed by atoms with van der Waals surface area (Å²) in [5, 5.41) is 36.7. The van der Waals surface area contributed by atoms with Crippen molar-refractivity contribution in [1.82, 2.24) is 0 Å². The van der Waals surface area contributed by atoms with Crippen LogP contribution in [-0.2, 0) is 4.74 Å². The highest BCUT2D eigenvalue weighted by Gasteiger charge is 2.44. The summed E-state index contributed by atoms with van der Waals surface area (Å²) in [5.74, 6) is -1.41. The fourth-order valence-corrected chi connectivity index (χ4v) is 1.76. The van der Waals surface area contributed by atoms with Gasteiger partial charge in [-0.2, -0.15) is 0 Å². The van der Waals surface area contributed by atoms with Crippen LogP contribution in [0.5, 0.6) is 0 Å². The van der Waals surface area contributed by atoms with E-state index in [9.17, 15) is 15.0 Å². The van der Waals surface area contributed by atoms with E-state index in [0.717, 1.165) is 0 Å². The lowest BCUT2D eigenvalue weighted by atomic mass is 10.1. The second-order valence-corrected chi connectivity index (χ2v) is 3.77. The maximum Gasteiger partial charge on any atom is 0.371 e. The summed E-state index contributed by atoms with van der Waals surface area (Å²) in [7, 11) is 0. The molecule has 2 heterocycles. The first-order valence-electron chi connectivity index (χ1n) is 5.00. The molecule has 4 atom stereocenters. The van der Waals surface area contributed by atoms with E-state index in [1.54, 1.807) is 0 Å². The lowest BCUT2D eigenvalue weighted by Gasteiger charge is -2.11. The van der Waals surface area contributed by atoms with E-state index in [4.69, 9.17) is 19.4 Å². The minimum Gasteiger partial charge on any atom is -0.475 e. The highest BCUT2D eigenvalue weighted by Crippen LogP contribution is 2.34. The van der Waals surface area contributed by atoms with Gasteiger partial charge in [0.15, 0.2) is 0 Å². The maximum atomic E-state index is 10.6. The van der Waals surface area contributed by atoms with Gasteiger partial charge in [-0.25, -0.2) is 4.79 Å². The molecule has 0 spiro atoms. The molecule has 17 heavy (non-hydrogen) atoms. The van der Waals surface area contributed by atoms with Gasteiger partial charge in [0, 0.05) is 0 Å². The van der Waals surface area contributed by atoms with Crippen molar-refractivity contribution in [2.75, 3.05) is 6.61 Å². The van der Waals surface area contributed by atoms with Gasteiger partial charge in [-0.15, -0.1) is 0 Å². The van der Waals surface area contributed by atoms with Crippen LogP contribution in [0.2, 0.25) is 0 Å². The van der Waals surface area contributed by atoms with Gasteiger partial charge in [-0.3, -0.25) is 0 Å². The summed E-state index contributed by atoms with van der Waals surface area (Å²) in [6, 6.07) is 2.58. The molecule has 7 heteroatoms. The fraction of sp³-hybridized carbons (Fsp3) is 0.500. The van der Waals surface area contributed by atoms with E-state index in [2.05, 4.69) is 0 Å². The Kier molecular flexibility index (Phi) is 3.16. The number of carboxylic acid groups (broad SMARTS) is 1. The van der Waals surface area contributed by atoms with Gasteiger partial charge in [0.1, 0.15) is 30.2 Å². The lowest BCUT2D eigenvalue weighted by molar-refractivity contribution is -0.0293. The molecule has 1 aliphatic heterocycles. The number of furan rings is 1. The summed E-state index contributed by atoms with van der Waals surface area (Å²) in [5.41, 5.74) is 0. The Morgan fingerprint density at radius 3 is 2.47 bits per heavy atom. The summed E-state index contributed by atoms with van der Waals surface area (Å²) in [6.45, 7) is -0.443. The van der Waals surface area contributed by atoms with Crippen molar-refractivity contribution < 1.29 is 34.4 Å². The number of rotatable bonds is 3. The monoisotopic (exact) mass is 244 g/mol. The zero-order valence-corrected chi connectivity index (χ0v) is 8.68. The average molecular weight is 244 g/mol. The molecule has 2 rings (SSSR count). The highest BCUT2D eigenvalue weighted by atomic mass is 16.6. The Hall–Kier alpha value is -1.41. The molecule has 1 fully saturated rings. The molecular formula is C10H12O7. The predicted octanol–water partition coefficient (Wildman–Crippen LogP) is -0.868. The average Bonchev–Trinajstić information content (AvgIpc) is 2.87. The van der Waals surface area contributed by atoms with Crippen molar-refractivity contribution in [2.45, 2.75) is 24.4 Å². The van der Waals surface area contributed by atoms with Crippen molar-refractivity contribution in [3.63, 3.8) is 0 Å². The molecule has 1 aromatic rings. The molecule has 0 radical (unpaired) electrons. The molecule has 1 aromatic heterocycles. The second kappa shape index (κ2) is 4.46. The molecule has 4 N–H and O–H groups in total. The van der Waals surface area contributed by atoms with Crippen LogP contribution in [0.4, 0.5) is 0 Å². The first kappa shape index (κ1) is 12.1. The van der Waals surface area contributed by atoms with E-state index < -0.39 is 37.0 Å². The summed E-state index contributed by atoms with van der Waals surface area (Å²) >= 11 is 0. The molecule has 0 amide bonds. The third kappa shape index (κ3) is 2.05. The first-order valence-corrected chi connectivity index (χ1v) is 5.00. The van der Waals surface area contributed by atoms with Crippen molar-refractivity contribution in [3.05, 3.63) is 23.7 Å². The summed E-state index contributed by atoms with van der Waals surface area (Å²) < 4.78 is 10.1. The van der Waals surface area contributed by atoms with Gasteiger partial charge in [0.05, 0.1) is 6.61 Å². The molecule has 1 aliphatic rings. The third-order valence-electron chi connectivity index (χ3n) is 2.66. The number of carbonyl (C=O) groups is 1. The molecular weight excluding hydrogens is 232 g/mol. The van der Waals surface area contributed by atoms with Gasteiger partial charge in [0.2, 0.25) is 5.76 Å². The summed E-state index contributed by atoms with van der Waals surface area (Å²) in [6.07, 6.45) is -4.38. The van der Waals surface area contributed by atoms with Crippen LogP contribution in [0.3, 0.4) is 0 Å². The Balaban J connectivity index is 2.19. The SMILES string of the molecule is O=C(O)c1ccc([C@H]2O[C@H](CO)[C@@H](O)[C@H]2O)o1. The predicted molar refractivity (Wildman–Crippen MR) is 52.4 cm³/mol. The van der Waals surface area contributed by atoms with Crippen molar-refractivity contribution in [1.29, 1.82) is 0 Å². The zero-order valence-electron chi connectivity index (χ0n) is 8.68. The third-order valence-corrected chi connectivity index (χ3v) is 2.66. The number of hydrogen-bond donors (Lipinski definition) is 4. The Bertz CT molecular complexity index is 413. The zero-order chi connectivity index (χ0) is 12.6.